The summed E-state index contributed by atoms with van der Waals surface area (Å²) in [5.74, 6) is 0.546. The van der Waals surface area contributed by atoms with Crippen molar-refractivity contribution in [2.24, 2.45) is 0 Å². The van der Waals surface area contributed by atoms with Crippen LogP contribution in [-0.2, 0) is 4.79 Å². The fourth-order valence-corrected chi connectivity index (χ4v) is 3.30. The molecule has 0 aliphatic heterocycles. The van der Waals surface area contributed by atoms with Crippen LogP contribution in [0, 0.1) is 7.14 Å². The van der Waals surface area contributed by atoms with Crippen LogP contribution in [0.2, 0.25) is 0 Å². The molecule has 1 heterocycles. The number of hydrogen-bond acceptors (Lipinski definition) is 5. The van der Waals surface area contributed by atoms with Crippen molar-refractivity contribution in [1.29, 1.82) is 0 Å². The third-order valence-corrected chi connectivity index (χ3v) is 5.45. The van der Waals surface area contributed by atoms with Gasteiger partial charge in [0.05, 0.1) is 11.4 Å². The molecule has 0 radical (unpaired) electrons. The number of thioether (sulfide) groups is 1. The van der Waals surface area contributed by atoms with Crippen molar-refractivity contribution in [3.05, 3.63) is 55.7 Å². The van der Waals surface area contributed by atoms with Crippen molar-refractivity contribution < 1.29 is 9.21 Å². The maximum absolute atomic E-state index is 12.0. The second-order valence-electron chi connectivity index (χ2n) is 4.70. The van der Waals surface area contributed by atoms with Crippen LogP contribution in [-0.4, -0.2) is 21.9 Å². The Hall–Kier alpha value is -1.14. The number of amides is 1. The van der Waals surface area contributed by atoms with Crippen LogP contribution in [0.15, 0.2) is 58.2 Å². The number of carbonyl (C=O) groups excluding carboxylic acids is 1. The van der Waals surface area contributed by atoms with Crippen molar-refractivity contribution in [3.8, 4) is 11.5 Å². The third-order valence-electron chi connectivity index (χ3n) is 2.97. The summed E-state index contributed by atoms with van der Waals surface area (Å²) in [7, 11) is 0. The average molecular weight is 563 g/mol. The second kappa shape index (κ2) is 8.30. The zero-order valence-corrected chi connectivity index (χ0v) is 17.3. The number of hydrogen-bond donors (Lipinski definition) is 1. The second-order valence-corrected chi connectivity index (χ2v) is 8.03. The Bertz CT molecular complexity index is 853. The maximum atomic E-state index is 12.0. The lowest BCUT2D eigenvalue weighted by molar-refractivity contribution is -0.113. The molecular formula is C16H11I2N3O2S. The SMILES string of the molecule is O=C(CSc1nnc(-c2ccc(I)cc2)o1)Nc1ccccc1I. The number of rotatable bonds is 5. The van der Waals surface area contributed by atoms with Crippen LogP contribution >= 0.6 is 56.9 Å². The summed E-state index contributed by atoms with van der Waals surface area (Å²) >= 11 is 5.64. The molecular weight excluding hydrogens is 552 g/mol. The first kappa shape index (κ1) is 17.7. The Labute approximate surface area is 170 Å². The number of anilines is 1. The van der Waals surface area contributed by atoms with Gasteiger partial charge in [-0.05, 0) is 81.6 Å². The lowest BCUT2D eigenvalue weighted by Crippen LogP contribution is -2.14. The number of carbonyl (C=O) groups is 1. The van der Waals surface area contributed by atoms with Crippen LogP contribution < -0.4 is 5.32 Å². The van der Waals surface area contributed by atoms with E-state index in [4.69, 9.17) is 4.42 Å². The minimum Gasteiger partial charge on any atom is -0.411 e. The summed E-state index contributed by atoms with van der Waals surface area (Å²) in [5, 5.41) is 11.2. The first-order valence-electron chi connectivity index (χ1n) is 6.88. The molecule has 1 amide bonds. The van der Waals surface area contributed by atoms with Gasteiger partial charge >= 0.3 is 0 Å². The largest absolute Gasteiger partial charge is 0.411 e. The highest BCUT2D eigenvalue weighted by Crippen LogP contribution is 2.24. The molecule has 0 fully saturated rings. The molecule has 3 aromatic rings. The number of halogens is 2. The van der Waals surface area contributed by atoms with E-state index in [1.54, 1.807) is 0 Å². The zero-order chi connectivity index (χ0) is 16.9. The molecule has 0 saturated carbocycles. The third kappa shape index (κ3) is 4.70. The van der Waals surface area contributed by atoms with E-state index in [9.17, 15) is 4.79 Å². The van der Waals surface area contributed by atoms with Gasteiger partial charge < -0.3 is 9.73 Å². The summed E-state index contributed by atoms with van der Waals surface area (Å²) in [6.45, 7) is 0. The van der Waals surface area contributed by atoms with Crippen LogP contribution in [0.4, 0.5) is 5.69 Å². The molecule has 1 aromatic heterocycles. The normalized spacial score (nSPS) is 10.6. The monoisotopic (exact) mass is 563 g/mol. The first-order chi connectivity index (χ1) is 11.6. The van der Waals surface area contributed by atoms with Crippen molar-refractivity contribution >= 4 is 68.5 Å². The van der Waals surface area contributed by atoms with Crippen LogP contribution in [0.25, 0.3) is 11.5 Å². The summed E-state index contributed by atoms with van der Waals surface area (Å²) < 4.78 is 7.72. The van der Waals surface area contributed by atoms with Gasteiger partial charge in [0, 0.05) is 12.7 Å². The standard InChI is InChI=1S/C16H11I2N3O2S/c17-11-7-5-10(6-8-11)15-20-21-16(23-15)24-9-14(22)19-13-4-2-1-3-12(13)18/h1-8H,9H2,(H,19,22). The molecule has 1 N–H and O–H groups in total. The summed E-state index contributed by atoms with van der Waals surface area (Å²) in [6, 6.07) is 15.4. The minimum absolute atomic E-state index is 0.113. The lowest BCUT2D eigenvalue weighted by Gasteiger charge is -2.05. The van der Waals surface area contributed by atoms with E-state index in [1.165, 1.54) is 11.8 Å². The highest BCUT2D eigenvalue weighted by molar-refractivity contribution is 14.1. The number of para-hydroxylation sites is 1. The predicted molar refractivity (Wildman–Crippen MR) is 111 cm³/mol. The minimum atomic E-state index is -0.113. The predicted octanol–water partition coefficient (Wildman–Crippen LogP) is 4.68. The van der Waals surface area contributed by atoms with E-state index >= 15 is 0 Å². The Morgan fingerprint density at radius 3 is 2.58 bits per heavy atom. The van der Waals surface area contributed by atoms with E-state index in [1.807, 2.05) is 48.5 Å². The van der Waals surface area contributed by atoms with Crippen molar-refractivity contribution in [2.45, 2.75) is 5.22 Å². The van der Waals surface area contributed by atoms with E-state index in [2.05, 4.69) is 60.7 Å². The number of benzene rings is 2. The molecule has 0 aliphatic rings. The van der Waals surface area contributed by atoms with E-state index in [0.717, 1.165) is 18.4 Å². The van der Waals surface area contributed by atoms with Gasteiger partial charge in [0.15, 0.2) is 0 Å². The topological polar surface area (TPSA) is 68.0 Å². The Balaban J connectivity index is 1.58. The molecule has 0 atom stereocenters. The average Bonchev–Trinajstić information content (AvgIpc) is 3.05. The molecule has 122 valence electrons. The summed E-state index contributed by atoms with van der Waals surface area (Å²) in [4.78, 5) is 12.0. The molecule has 0 unspecified atom stereocenters. The molecule has 0 aliphatic carbocycles. The van der Waals surface area contributed by atoms with E-state index < -0.39 is 0 Å². The van der Waals surface area contributed by atoms with Gasteiger partial charge in [-0.15, -0.1) is 10.2 Å². The summed E-state index contributed by atoms with van der Waals surface area (Å²) in [6.07, 6.45) is 0. The van der Waals surface area contributed by atoms with Crippen molar-refractivity contribution in [1.82, 2.24) is 10.2 Å². The van der Waals surface area contributed by atoms with Gasteiger partial charge in [0.1, 0.15) is 0 Å². The van der Waals surface area contributed by atoms with Gasteiger partial charge in [-0.2, -0.15) is 0 Å². The molecule has 0 bridgehead atoms. The Morgan fingerprint density at radius 1 is 1.08 bits per heavy atom. The van der Waals surface area contributed by atoms with Crippen LogP contribution in [0.3, 0.4) is 0 Å². The van der Waals surface area contributed by atoms with Crippen LogP contribution in [0.5, 0.6) is 0 Å². The molecule has 0 spiro atoms. The van der Waals surface area contributed by atoms with Crippen molar-refractivity contribution in [3.63, 3.8) is 0 Å². The fraction of sp³-hybridized carbons (Fsp3) is 0.0625. The lowest BCUT2D eigenvalue weighted by atomic mass is 10.2. The number of nitrogens with one attached hydrogen (secondary N) is 1. The number of nitrogens with zero attached hydrogens (tertiary/aromatic N) is 2. The molecule has 3 rings (SSSR count). The smallest absolute Gasteiger partial charge is 0.277 e. The highest BCUT2D eigenvalue weighted by Gasteiger charge is 2.12. The quantitative estimate of drug-likeness (QED) is 0.361. The fourth-order valence-electron chi connectivity index (χ4n) is 1.85. The van der Waals surface area contributed by atoms with Crippen molar-refractivity contribution in [2.75, 3.05) is 11.1 Å². The molecule has 0 saturated heterocycles. The molecule has 8 heteroatoms. The van der Waals surface area contributed by atoms with E-state index in [0.29, 0.717) is 11.1 Å². The van der Waals surface area contributed by atoms with Gasteiger partial charge in [-0.25, -0.2) is 0 Å². The zero-order valence-electron chi connectivity index (χ0n) is 12.2. The maximum Gasteiger partial charge on any atom is 0.277 e. The van der Waals surface area contributed by atoms with Gasteiger partial charge in [0.25, 0.3) is 5.22 Å². The number of aromatic nitrogens is 2. The van der Waals surface area contributed by atoms with Gasteiger partial charge in [-0.3, -0.25) is 4.79 Å². The van der Waals surface area contributed by atoms with Gasteiger partial charge in [-0.1, -0.05) is 23.9 Å². The van der Waals surface area contributed by atoms with Gasteiger partial charge in [0.2, 0.25) is 11.8 Å². The first-order valence-corrected chi connectivity index (χ1v) is 10.0. The Morgan fingerprint density at radius 2 is 1.83 bits per heavy atom. The van der Waals surface area contributed by atoms with Crippen LogP contribution in [0.1, 0.15) is 0 Å². The molecule has 2 aromatic carbocycles. The molecule has 5 nitrogen and oxygen atoms in total. The Kier molecular flexibility index (Phi) is 6.11. The molecule has 24 heavy (non-hydrogen) atoms. The van der Waals surface area contributed by atoms with E-state index in [-0.39, 0.29) is 11.7 Å². The summed E-state index contributed by atoms with van der Waals surface area (Å²) in [5.41, 5.74) is 1.66. The highest BCUT2D eigenvalue weighted by atomic mass is 127.